The van der Waals surface area contributed by atoms with E-state index in [0.717, 1.165) is 12.0 Å². The highest BCUT2D eigenvalue weighted by Crippen LogP contribution is 2.21. The van der Waals surface area contributed by atoms with Gasteiger partial charge >= 0.3 is 0 Å². The normalized spacial score (nSPS) is 12.7. The van der Waals surface area contributed by atoms with Gasteiger partial charge in [-0.05, 0) is 31.5 Å². The van der Waals surface area contributed by atoms with Gasteiger partial charge in [-0.1, -0.05) is 6.92 Å². The van der Waals surface area contributed by atoms with Crippen molar-refractivity contribution in [2.24, 2.45) is 0 Å². The first-order valence-electron chi connectivity index (χ1n) is 4.87. The van der Waals surface area contributed by atoms with Crippen LogP contribution in [0.4, 0.5) is 0 Å². The van der Waals surface area contributed by atoms with Gasteiger partial charge < -0.3 is 15.5 Å². The van der Waals surface area contributed by atoms with Crippen molar-refractivity contribution in [2.75, 3.05) is 0 Å². The van der Waals surface area contributed by atoms with Gasteiger partial charge in [0.2, 0.25) is 0 Å². The minimum atomic E-state index is 0.184. The Bertz CT molecular complexity index is 299. The molecule has 3 N–H and O–H groups in total. The van der Waals surface area contributed by atoms with E-state index >= 15 is 0 Å². The van der Waals surface area contributed by atoms with E-state index < -0.39 is 0 Å². The van der Waals surface area contributed by atoms with Gasteiger partial charge in [0.1, 0.15) is 11.5 Å². The highest BCUT2D eigenvalue weighted by atomic mass is 16.3. The number of phenols is 2. The van der Waals surface area contributed by atoms with Crippen molar-refractivity contribution in [3.05, 3.63) is 23.8 Å². The van der Waals surface area contributed by atoms with Crippen LogP contribution in [0.1, 0.15) is 25.8 Å². The highest BCUT2D eigenvalue weighted by Gasteiger charge is 2.03. The van der Waals surface area contributed by atoms with Gasteiger partial charge in [-0.3, -0.25) is 0 Å². The predicted octanol–water partition coefficient (Wildman–Crippen LogP) is 1.99. The largest absolute Gasteiger partial charge is 0.508 e. The summed E-state index contributed by atoms with van der Waals surface area (Å²) < 4.78 is 0. The zero-order chi connectivity index (χ0) is 10.6. The van der Waals surface area contributed by atoms with E-state index in [1.807, 2.05) is 0 Å². The summed E-state index contributed by atoms with van der Waals surface area (Å²) in [6, 6.07) is 4.97. The van der Waals surface area contributed by atoms with E-state index in [4.69, 9.17) is 0 Å². The minimum absolute atomic E-state index is 0.184. The molecule has 3 nitrogen and oxygen atoms in total. The molecule has 1 aromatic rings. The van der Waals surface area contributed by atoms with E-state index in [9.17, 15) is 10.2 Å². The fraction of sp³-hybridized carbons (Fsp3) is 0.455. The molecule has 0 amide bonds. The second-order valence-corrected chi connectivity index (χ2v) is 3.50. The lowest BCUT2D eigenvalue weighted by atomic mass is 10.1. The Morgan fingerprint density at radius 2 is 2.07 bits per heavy atom. The van der Waals surface area contributed by atoms with E-state index in [0.29, 0.717) is 12.6 Å². The zero-order valence-electron chi connectivity index (χ0n) is 8.62. The summed E-state index contributed by atoms with van der Waals surface area (Å²) in [5.74, 6) is 0.405. The van der Waals surface area contributed by atoms with Crippen LogP contribution in [0.3, 0.4) is 0 Å². The summed E-state index contributed by atoms with van der Waals surface area (Å²) in [6.45, 7) is 4.76. The first kappa shape index (κ1) is 10.9. The van der Waals surface area contributed by atoms with E-state index in [2.05, 4.69) is 19.2 Å². The lowest BCUT2D eigenvalue weighted by molar-refractivity contribution is 0.445. The van der Waals surface area contributed by atoms with Crippen molar-refractivity contribution in [3.8, 4) is 11.5 Å². The summed E-state index contributed by atoms with van der Waals surface area (Å²) in [7, 11) is 0. The smallest absolute Gasteiger partial charge is 0.120 e. The molecule has 0 bridgehead atoms. The highest BCUT2D eigenvalue weighted by molar-refractivity contribution is 5.38. The van der Waals surface area contributed by atoms with Gasteiger partial charge in [0.05, 0.1) is 0 Å². The van der Waals surface area contributed by atoms with Crippen LogP contribution in [-0.4, -0.2) is 16.3 Å². The van der Waals surface area contributed by atoms with Crippen molar-refractivity contribution in [1.29, 1.82) is 0 Å². The number of aromatic hydroxyl groups is 2. The zero-order valence-corrected chi connectivity index (χ0v) is 8.62. The maximum absolute atomic E-state index is 9.47. The predicted molar refractivity (Wildman–Crippen MR) is 56.4 cm³/mol. The standard InChI is InChI=1S/C11H17NO2/c1-3-8(2)12-7-9-6-10(13)4-5-11(9)14/h4-6,8,12-14H,3,7H2,1-2H3/t8-/m0/s1. The monoisotopic (exact) mass is 195 g/mol. The average molecular weight is 195 g/mol. The molecule has 0 aliphatic rings. The molecule has 0 saturated carbocycles. The SMILES string of the molecule is CC[C@H](C)NCc1cc(O)ccc1O. The Hall–Kier alpha value is -1.22. The maximum Gasteiger partial charge on any atom is 0.120 e. The van der Waals surface area contributed by atoms with Crippen LogP contribution in [0.2, 0.25) is 0 Å². The fourth-order valence-corrected chi connectivity index (χ4v) is 1.14. The molecule has 0 saturated heterocycles. The first-order chi connectivity index (χ1) is 6.63. The quantitative estimate of drug-likeness (QED) is 0.644. The van der Waals surface area contributed by atoms with Crippen LogP contribution in [-0.2, 0) is 6.54 Å². The summed E-state index contributed by atoms with van der Waals surface area (Å²) >= 11 is 0. The Morgan fingerprint density at radius 1 is 1.36 bits per heavy atom. The first-order valence-corrected chi connectivity index (χ1v) is 4.87. The van der Waals surface area contributed by atoms with Crippen molar-refractivity contribution >= 4 is 0 Å². The van der Waals surface area contributed by atoms with Crippen LogP contribution in [0, 0.1) is 0 Å². The number of hydrogen-bond acceptors (Lipinski definition) is 3. The van der Waals surface area contributed by atoms with Gasteiger partial charge in [-0.15, -0.1) is 0 Å². The average Bonchev–Trinajstić information content (AvgIpc) is 2.19. The molecule has 0 heterocycles. The minimum Gasteiger partial charge on any atom is -0.508 e. The lowest BCUT2D eigenvalue weighted by Crippen LogP contribution is -2.24. The van der Waals surface area contributed by atoms with Gasteiger partial charge in [0.25, 0.3) is 0 Å². The molecule has 0 aliphatic heterocycles. The molecule has 0 fully saturated rings. The summed E-state index contributed by atoms with van der Waals surface area (Å²) in [5.41, 5.74) is 0.727. The van der Waals surface area contributed by atoms with Crippen molar-refractivity contribution in [3.63, 3.8) is 0 Å². The van der Waals surface area contributed by atoms with Crippen LogP contribution in [0.25, 0.3) is 0 Å². The second kappa shape index (κ2) is 4.86. The topological polar surface area (TPSA) is 52.5 Å². The molecular formula is C11H17NO2. The van der Waals surface area contributed by atoms with Gasteiger partial charge in [-0.2, -0.15) is 0 Å². The fourth-order valence-electron chi connectivity index (χ4n) is 1.14. The number of hydrogen-bond donors (Lipinski definition) is 3. The molecule has 1 aromatic carbocycles. The van der Waals surface area contributed by atoms with Crippen molar-refractivity contribution in [2.45, 2.75) is 32.9 Å². The molecule has 14 heavy (non-hydrogen) atoms. The second-order valence-electron chi connectivity index (χ2n) is 3.50. The van der Waals surface area contributed by atoms with Crippen LogP contribution in [0.15, 0.2) is 18.2 Å². The van der Waals surface area contributed by atoms with Crippen molar-refractivity contribution < 1.29 is 10.2 Å². The summed E-state index contributed by atoms with van der Waals surface area (Å²) in [4.78, 5) is 0. The van der Waals surface area contributed by atoms with Gasteiger partial charge in [-0.25, -0.2) is 0 Å². The van der Waals surface area contributed by atoms with Crippen LogP contribution < -0.4 is 5.32 Å². The maximum atomic E-state index is 9.47. The lowest BCUT2D eigenvalue weighted by Gasteiger charge is -2.12. The molecule has 0 aliphatic carbocycles. The molecular weight excluding hydrogens is 178 g/mol. The van der Waals surface area contributed by atoms with Crippen LogP contribution >= 0.6 is 0 Å². The number of phenolic OH excluding ortho intramolecular Hbond substituents is 2. The molecule has 0 unspecified atom stereocenters. The molecule has 0 spiro atoms. The third-order valence-electron chi connectivity index (χ3n) is 2.32. The van der Waals surface area contributed by atoms with E-state index in [-0.39, 0.29) is 11.5 Å². The Balaban J connectivity index is 2.62. The third-order valence-corrected chi connectivity index (χ3v) is 2.32. The Labute approximate surface area is 84.4 Å². The molecule has 3 heteroatoms. The molecule has 0 aromatic heterocycles. The van der Waals surface area contributed by atoms with E-state index in [1.54, 1.807) is 6.07 Å². The molecule has 78 valence electrons. The number of nitrogens with one attached hydrogen (secondary N) is 1. The molecule has 1 rings (SSSR count). The number of rotatable bonds is 4. The van der Waals surface area contributed by atoms with Crippen LogP contribution in [0.5, 0.6) is 11.5 Å². The van der Waals surface area contributed by atoms with Gasteiger partial charge in [0, 0.05) is 18.2 Å². The summed E-state index contributed by atoms with van der Waals surface area (Å²) in [6.07, 6.45) is 1.04. The van der Waals surface area contributed by atoms with Gasteiger partial charge in [0.15, 0.2) is 0 Å². The summed E-state index contributed by atoms with van der Waals surface area (Å²) in [5, 5.41) is 21.9. The molecule has 1 atom stereocenters. The number of benzene rings is 1. The van der Waals surface area contributed by atoms with Crippen molar-refractivity contribution in [1.82, 2.24) is 5.32 Å². The third kappa shape index (κ3) is 2.92. The Kier molecular flexibility index (Phi) is 3.77. The van der Waals surface area contributed by atoms with E-state index in [1.165, 1.54) is 12.1 Å². The Morgan fingerprint density at radius 3 is 2.71 bits per heavy atom. The molecule has 0 radical (unpaired) electrons.